The van der Waals surface area contributed by atoms with Crippen LogP contribution in [0.1, 0.15) is 5.56 Å². The molecule has 138 valence electrons. The van der Waals surface area contributed by atoms with Crippen LogP contribution in [0.25, 0.3) is 21.8 Å². The first-order valence-corrected chi connectivity index (χ1v) is 8.65. The minimum atomic E-state index is -0.961. The summed E-state index contributed by atoms with van der Waals surface area (Å²) in [4.78, 5) is 24.2. The first kappa shape index (κ1) is 18.5. The number of fused-ring (bicyclic) bond motifs is 2. The second-order valence-corrected chi connectivity index (χ2v) is 6.70. The van der Waals surface area contributed by atoms with Crippen LogP contribution in [0.3, 0.4) is 0 Å². The van der Waals surface area contributed by atoms with E-state index in [2.05, 4.69) is 20.9 Å². The van der Waals surface area contributed by atoms with E-state index in [0.717, 1.165) is 20.8 Å². The third-order valence-electron chi connectivity index (χ3n) is 3.95. The van der Waals surface area contributed by atoms with E-state index < -0.39 is 12.1 Å². The first-order chi connectivity index (χ1) is 12.8. The molecule has 0 unspecified atom stereocenters. The topological polar surface area (TPSA) is 116 Å². The Morgan fingerprint density at radius 3 is 2.56 bits per heavy atom. The number of hydrogen-bond acceptors (Lipinski definition) is 3. The number of nitrogens with zero attached hydrogens (tertiary/aromatic N) is 1. The van der Waals surface area contributed by atoms with Gasteiger partial charge in [0, 0.05) is 33.2 Å². The van der Waals surface area contributed by atoms with E-state index in [4.69, 9.17) is 10.2 Å². The van der Waals surface area contributed by atoms with Crippen molar-refractivity contribution in [2.24, 2.45) is 0 Å². The van der Waals surface area contributed by atoms with Gasteiger partial charge in [-0.2, -0.15) is 0 Å². The maximum absolute atomic E-state index is 10.7. The van der Waals surface area contributed by atoms with Gasteiger partial charge in [-0.1, -0.05) is 15.9 Å². The highest BCUT2D eigenvalue weighted by molar-refractivity contribution is 9.10. The number of phenolic OH excluding ortho intramolecular Hbond substituents is 1. The summed E-state index contributed by atoms with van der Waals surface area (Å²) in [6.07, 6.45) is 2.19. The first-order valence-electron chi connectivity index (χ1n) is 7.86. The van der Waals surface area contributed by atoms with Crippen LogP contribution in [0.2, 0.25) is 0 Å². The number of benzene rings is 2. The van der Waals surface area contributed by atoms with Crippen molar-refractivity contribution in [3.8, 4) is 5.75 Å². The molecule has 0 aliphatic heterocycles. The number of hydrogen-bond donors (Lipinski definition) is 4. The van der Waals surface area contributed by atoms with Gasteiger partial charge in [0.2, 0.25) is 0 Å². The number of phenols is 1. The van der Waals surface area contributed by atoms with Crippen molar-refractivity contribution in [3.63, 3.8) is 0 Å². The summed E-state index contributed by atoms with van der Waals surface area (Å²) < 4.78 is 2.14. The average molecular weight is 431 g/mol. The predicted octanol–water partition coefficient (Wildman–Crippen LogP) is 4.43. The lowest BCUT2D eigenvalue weighted by atomic mass is 10.1. The number of halogens is 1. The Morgan fingerprint density at radius 2 is 1.85 bits per heavy atom. The summed E-state index contributed by atoms with van der Waals surface area (Å²) in [7, 11) is 0. The molecule has 2 aromatic heterocycles. The Balaban J connectivity index is 0.000000156. The zero-order chi connectivity index (χ0) is 19.6. The van der Waals surface area contributed by atoms with Crippen LogP contribution in [0.15, 0.2) is 59.3 Å². The van der Waals surface area contributed by atoms with Crippen LogP contribution < -0.4 is 0 Å². The molecule has 0 aliphatic carbocycles. The highest BCUT2D eigenvalue weighted by Crippen LogP contribution is 2.23. The molecule has 2 heterocycles. The van der Waals surface area contributed by atoms with E-state index in [9.17, 15) is 14.7 Å². The molecule has 0 atom stereocenters. The molecule has 4 aromatic rings. The van der Waals surface area contributed by atoms with E-state index in [1.54, 1.807) is 42.7 Å². The maximum Gasteiger partial charge on any atom is 0.415 e. The molecule has 4 N–H and O–H groups in total. The molecule has 0 saturated carbocycles. The van der Waals surface area contributed by atoms with Crippen LogP contribution in [0.5, 0.6) is 5.75 Å². The molecule has 4 rings (SSSR count). The van der Waals surface area contributed by atoms with Crippen LogP contribution in [-0.4, -0.2) is 36.9 Å². The van der Waals surface area contributed by atoms with Gasteiger partial charge in [0.05, 0.1) is 11.9 Å². The molecular weight excluding hydrogens is 416 g/mol. The number of nitrogens with one attached hydrogen (secondary N) is 1. The summed E-state index contributed by atoms with van der Waals surface area (Å²) in [5.41, 5.74) is 2.22. The van der Waals surface area contributed by atoms with Gasteiger partial charge in [0.15, 0.2) is 0 Å². The lowest BCUT2D eigenvalue weighted by Crippen LogP contribution is -2.05. The summed E-state index contributed by atoms with van der Waals surface area (Å²) in [5, 5.41) is 28.3. The van der Waals surface area contributed by atoms with E-state index in [1.807, 2.05) is 12.1 Å². The maximum atomic E-state index is 10.7. The molecule has 2 aromatic carbocycles. The third-order valence-corrected chi connectivity index (χ3v) is 4.44. The van der Waals surface area contributed by atoms with Gasteiger partial charge in [-0.25, -0.2) is 4.79 Å². The minimum absolute atomic E-state index is 0.0382. The van der Waals surface area contributed by atoms with E-state index in [1.165, 1.54) is 4.57 Å². The fourth-order valence-electron chi connectivity index (χ4n) is 2.76. The van der Waals surface area contributed by atoms with Crippen molar-refractivity contribution in [2.45, 2.75) is 6.42 Å². The van der Waals surface area contributed by atoms with Crippen LogP contribution >= 0.6 is 15.9 Å². The monoisotopic (exact) mass is 430 g/mol. The zero-order valence-electron chi connectivity index (χ0n) is 13.9. The highest BCUT2D eigenvalue weighted by Gasteiger charge is 2.08. The Morgan fingerprint density at radius 1 is 1.07 bits per heavy atom. The second-order valence-electron chi connectivity index (χ2n) is 5.79. The van der Waals surface area contributed by atoms with Crippen molar-refractivity contribution >= 4 is 49.8 Å². The van der Waals surface area contributed by atoms with Gasteiger partial charge < -0.3 is 20.3 Å². The molecular formula is C19H15BrN2O5. The SMILES string of the molecule is O=C(O)Cc1c[nH]c2ccc(O)cc12.O=C(O)n1ccc2cc(Br)ccc21. The molecule has 0 radical (unpaired) electrons. The van der Waals surface area contributed by atoms with E-state index in [0.29, 0.717) is 11.1 Å². The number of aromatic nitrogens is 2. The molecule has 0 aliphatic rings. The van der Waals surface area contributed by atoms with Crippen molar-refractivity contribution in [1.29, 1.82) is 0 Å². The Hall–Kier alpha value is -3.26. The van der Waals surface area contributed by atoms with Crippen molar-refractivity contribution in [3.05, 3.63) is 64.9 Å². The van der Waals surface area contributed by atoms with Crippen molar-refractivity contribution in [1.82, 2.24) is 9.55 Å². The fourth-order valence-corrected chi connectivity index (χ4v) is 3.13. The van der Waals surface area contributed by atoms with Gasteiger partial charge in [-0.3, -0.25) is 9.36 Å². The number of aromatic hydroxyl groups is 1. The molecule has 0 spiro atoms. The van der Waals surface area contributed by atoms with Gasteiger partial charge >= 0.3 is 12.1 Å². The highest BCUT2D eigenvalue weighted by atomic mass is 79.9. The molecule has 0 fully saturated rings. The largest absolute Gasteiger partial charge is 0.508 e. The van der Waals surface area contributed by atoms with Gasteiger partial charge in [-0.15, -0.1) is 0 Å². The molecule has 0 saturated heterocycles. The molecule has 27 heavy (non-hydrogen) atoms. The van der Waals surface area contributed by atoms with Gasteiger partial charge in [-0.05, 0) is 48.0 Å². The van der Waals surface area contributed by atoms with Crippen molar-refractivity contribution in [2.75, 3.05) is 0 Å². The molecule has 0 bridgehead atoms. The second kappa shape index (κ2) is 7.55. The average Bonchev–Trinajstić information content (AvgIpc) is 3.19. The third kappa shape index (κ3) is 4.12. The van der Waals surface area contributed by atoms with Crippen LogP contribution in [0, 0.1) is 0 Å². The summed E-state index contributed by atoms with van der Waals surface area (Å²) >= 11 is 3.32. The lowest BCUT2D eigenvalue weighted by molar-refractivity contribution is -0.136. The summed E-state index contributed by atoms with van der Waals surface area (Å²) in [6.45, 7) is 0. The number of carboxylic acid groups (broad SMARTS) is 2. The Bertz CT molecular complexity index is 1150. The zero-order valence-corrected chi connectivity index (χ0v) is 15.5. The summed E-state index contributed by atoms with van der Waals surface area (Å²) in [6, 6.07) is 12.1. The predicted molar refractivity (Wildman–Crippen MR) is 104 cm³/mol. The number of rotatable bonds is 2. The van der Waals surface area contributed by atoms with Crippen LogP contribution in [0.4, 0.5) is 4.79 Å². The smallest absolute Gasteiger partial charge is 0.415 e. The number of aliphatic carboxylic acids is 1. The Kier molecular flexibility index (Phi) is 5.18. The van der Waals surface area contributed by atoms with Gasteiger partial charge in [0.25, 0.3) is 0 Å². The standard InChI is InChI=1S/C10H9NO3.C9H6BrNO2/c12-7-1-2-9-8(4-7)6(5-11-9)3-10(13)14;10-7-1-2-8-6(5-7)3-4-11(8)9(12)13/h1-2,4-5,11-12H,3H2,(H,13,14);1-5H,(H,12,13). The molecule has 8 heteroatoms. The quantitative estimate of drug-likeness (QED) is 0.375. The van der Waals surface area contributed by atoms with Crippen LogP contribution in [-0.2, 0) is 11.2 Å². The molecule has 7 nitrogen and oxygen atoms in total. The Labute approximate surface area is 161 Å². The van der Waals surface area contributed by atoms with E-state index >= 15 is 0 Å². The van der Waals surface area contributed by atoms with Crippen molar-refractivity contribution < 1.29 is 24.9 Å². The van der Waals surface area contributed by atoms with E-state index in [-0.39, 0.29) is 12.2 Å². The normalized spacial score (nSPS) is 10.6. The fraction of sp³-hybridized carbons (Fsp3) is 0.0526. The van der Waals surface area contributed by atoms with Gasteiger partial charge in [0.1, 0.15) is 5.75 Å². The minimum Gasteiger partial charge on any atom is -0.508 e. The molecule has 0 amide bonds. The number of H-pyrrole nitrogens is 1. The number of carbonyl (C=O) groups is 2. The number of carboxylic acids is 1. The number of aromatic amines is 1. The summed E-state index contributed by atoms with van der Waals surface area (Å²) in [5.74, 6) is -0.738. The lowest BCUT2D eigenvalue weighted by Gasteiger charge is -1.97.